The molecule has 0 saturated carbocycles. The fourth-order valence-corrected chi connectivity index (χ4v) is 1.44. The van der Waals surface area contributed by atoms with Gasteiger partial charge in [-0.3, -0.25) is 15.1 Å². The Hall–Kier alpha value is -0.650. The van der Waals surface area contributed by atoms with Crippen molar-refractivity contribution in [2.45, 2.75) is 25.4 Å². The van der Waals surface area contributed by atoms with Crippen LogP contribution in [0.5, 0.6) is 0 Å². The predicted octanol–water partition coefficient (Wildman–Crippen LogP) is -1.18. The molecule has 5 heteroatoms. The van der Waals surface area contributed by atoms with E-state index < -0.39 is 5.60 Å². The van der Waals surface area contributed by atoms with Gasteiger partial charge in [0, 0.05) is 13.1 Å². The lowest BCUT2D eigenvalue weighted by Gasteiger charge is -2.35. The third kappa shape index (κ3) is 3.30. The second-order valence-electron chi connectivity index (χ2n) is 3.84. The first-order chi connectivity index (χ1) is 6.03. The molecule has 1 heterocycles. The number of nitrogens with two attached hydrogens (primary N) is 1. The molecule has 0 aromatic heterocycles. The van der Waals surface area contributed by atoms with E-state index in [1.807, 2.05) is 11.8 Å². The van der Waals surface area contributed by atoms with Gasteiger partial charge in [0.2, 0.25) is 5.91 Å². The lowest BCUT2D eigenvalue weighted by molar-refractivity contribution is -0.123. The molecule has 1 aliphatic heterocycles. The van der Waals surface area contributed by atoms with Crippen LogP contribution in [-0.4, -0.2) is 41.1 Å². The summed E-state index contributed by atoms with van der Waals surface area (Å²) in [5, 5.41) is 9.63. The van der Waals surface area contributed by atoms with E-state index >= 15 is 0 Å². The summed E-state index contributed by atoms with van der Waals surface area (Å²) in [6.45, 7) is 3.65. The van der Waals surface area contributed by atoms with Crippen molar-refractivity contribution >= 4 is 5.91 Å². The Bertz CT molecular complexity index is 184. The molecule has 0 aromatic carbocycles. The zero-order valence-corrected chi connectivity index (χ0v) is 7.92. The SMILES string of the molecule is CC1(O)CCN(CC(=O)NN)CC1. The number of piperidine rings is 1. The fourth-order valence-electron chi connectivity index (χ4n) is 1.44. The molecule has 0 spiro atoms. The monoisotopic (exact) mass is 187 g/mol. The van der Waals surface area contributed by atoms with Gasteiger partial charge in [0.1, 0.15) is 0 Å². The summed E-state index contributed by atoms with van der Waals surface area (Å²) in [5.74, 6) is 4.79. The van der Waals surface area contributed by atoms with Gasteiger partial charge in [-0.25, -0.2) is 5.84 Å². The normalized spacial score (nSPS) is 22.7. The first-order valence-electron chi connectivity index (χ1n) is 4.48. The van der Waals surface area contributed by atoms with Crippen molar-refractivity contribution in [1.29, 1.82) is 0 Å². The molecule has 0 atom stereocenters. The fraction of sp³-hybridized carbons (Fsp3) is 0.875. The maximum Gasteiger partial charge on any atom is 0.248 e. The maximum atomic E-state index is 10.9. The Morgan fingerprint density at radius 2 is 2.15 bits per heavy atom. The minimum Gasteiger partial charge on any atom is -0.390 e. The summed E-state index contributed by atoms with van der Waals surface area (Å²) in [6, 6.07) is 0. The van der Waals surface area contributed by atoms with E-state index in [9.17, 15) is 9.90 Å². The highest BCUT2D eigenvalue weighted by Crippen LogP contribution is 2.20. The van der Waals surface area contributed by atoms with Gasteiger partial charge < -0.3 is 5.11 Å². The Labute approximate surface area is 77.9 Å². The number of amides is 1. The number of hydrazine groups is 1. The highest BCUT2D eigenvalue weighted by molar-refractivity contribution is 5.77. The van der Waals surface area contributed by atoms with Crippen LogP contribution in [0.1, 0.15) is 19.8 Å². The van der Waals surface area contributed by atoms with Crippen LogP contribution < -0.4 is 11.3 Å². The van der Waals surface area contributed by atoms with E-state index in [4.69, 9.17) is 5.84 Å². The second kappa shape index (κ2) is 4.04. The summed E-state index contributed by atoms with van der Waals surface area (Å²) < 4.78 is 0. The van der Waals surface area contributed by atoms with Crippen LogP contribution in [0.3, 0.4) is 0 Å². The van der Waals surface area contributed by atoms with Gasteiger partial charge in [0.25, 0.3) is 0 Å². The maximum absolute atomic E-state index is 10.9. The summed E-state index contributed by atoms with van der Waals surface area (Å²) in [4.78, 5) is 12.9. The first kappa shape index (κ1) is 10.4. The van der Waals surface area contributed by atoms with E-state index in [2.05, 4.69) is 5.43 Å². The molecule has 0 bridgehead atoms. The van der Waals surface area contributed by atoms with Gasteiger partial charge in [0.15, 0.2) is 0 Å². The van der Waals surface area contributed by atoms with Crippen LogP contribution in [0.25, 0.3) is 0 Å². The van der Waals surface area contributed by atoms with Gasteiger partial charge in [-0.2, -0.15) is 0 Å². The van der Waals surface area contributed by atoms with E-state index in [0.717, 1.165) is 13.1 Å². The zero-order valence-electron chi connectivity index (χ0n) is 7.92. The van der Waals surface area contributed by atoms with Crippen LogP contribution in [0, 0.1) is 0 Å². The number of carbonyl (C=O) groups is 1. The van der Waals surface area contributed by atoms with Crippen LogP contribution in [0.15, 0.2) is 0 Å². The van der Waals surface area contributed by atoms with Crippen molar-refractivity contribution in [3.63, 3.8) is 0 Å². The van der Waals surface area contributed by atoms with Crippen LogP contribution in [-0.2, 0) is 4.79 Å². The van der Waals surface area contributed by atoms with Crippen molar-refractivity contribution in [3.05, 3.63) is 0 Å². The van der Waals surface area contributed by atoms with Crippen molar-refractivity contribution < 1.29 is 9.90 Å². The molecule has 1 rings (SSSR count). The first-order valence-corrected chi connectivity index (χ1v) is 4.48. The van der Waals surface area contributed by atoms with Crippen molar-refractivity contribution in [1.82, 2.24) is 10.3 Å². The van der Waals surface area contributed by atoms with Crippen molar-refractivity contribution in [2.75, 3.05) is 19.6 Å². The molecule has 1 amide bonds. The van der Waals surface area contributed by atoms with E-state index in [1.54, 1.807) is 0 Å². The molecule has 0 radical (unpaired) electrons. The molecule has 1 fully saturated rings. The number of likely N-dealkylation sites (tertiary alicyclic amines) is 1. The lowest BCUT2D eigenvalue weighted by atomic mass is 9.94. The van der Waals surface area contributed by atoms with Crippen molar-refractivity contribution in [2.24, 2.45) is 5.84 Å². The summed E-state index contributed by atoms with van der Waals surface area (Å²) in [7, 11) is 0. The Morgan fingerprint density at radius 1 is 1.62 bits per heavy atom. The molecule has 0 aromatic rings. The smallest absolute Gasteiger partial charge is 0.248 e. The highest BCUT2D eigenvalue weighted by atomic mass is 16.3. The van der Waals surface area contributed by atoms with Gasteiger partial charge in [-0.1, -0.05) is 0 Å². The summed E-state index contributed by atoms with van der Waals surface area (Å²) in [6.07, 6.45) is 1.43. The Morgan fingerprint density at radius 3 is 2.62 bits per heavy atom. The topological polar surface area (TPSA) is 78.6 Å². The van der Waals surface area contributed by atoms with Crippen LogP contribution in [0.4, 0.5) is 0 Å². The molecular weight excluding hydrogens is 170 g/mol. The number of rotatable bonds is 2. The minimum atomic E-state index is -0.560. The largest absolute Gasteiger partial charge is 0.390 e. The highest BCUT2D eigenvalue weighted by Gasteiger charge is 2.27. The molecular formula is C8H17N3O2. The molecule has 1 saturated heterocycles. The van der Waals surface area contributed by atoms with Gasteiger partial charge in [0.05, 0.1) is 12.1 Å². The summed E-state index contributed by atoms with van der Waals surface area (Å²) >= 11 is 0. The standard InChI is InChI=1S/C8H17N3O2/c1-8(13)2-4-11(5-3-8)6-7(12)10-9/h13H,2-6,9H2,1H3,(H,10,12). The van der Waals surface area contributed by atoms with Gasteiger partial charge in [-0.05, 0) is 19.8 Å². The van der Waals surface area contributed by atoms with Crippen LogP contribution >= 0.6 is 0 Å². The molecule has 4 N–H and O–H groups in total. The van der Waals surface area contributed by atoms with Crippen molar-refractivity contribution in [3.8, 4) is 0 Å². The van der Waals surface area contributed by atoms with E-state index in [1.165, 1.54) is 0 Å². The third-order valence-electron chi connectivity index (χ3n) is 2.46. The second-order valence-corrected chi connectivity index (χ2v) is 3.84. The number of nitrogens with zero attached hydrogens (tertiary/aromatic N) is 1. The molecule has 5 nitrogen and oxygen atoms in total. The third-order valence-corrected chi connectivity index (χ3v) is 2.46. The molecule has 13 heavy (non-hydrogen) atoms. The predicted molar refractivity (Wildman–Crippen MR) is 48.6 cm³/mol. The molecule has 1 aliphatic rings. The summed E-state index contributed by atoms with van der Waals surface area (Å²) in [5.41, 5.74) is 1.53. The number of nitrogens with one attached hydrogen (secondary N) is 1. The average Bonchev–Trinajstić information content (AvgIpc) is 2.08. The van der Waals surface area contributed by atoms with E-state index in [-0.39, 0.29) is 5.91 Å². The van der Waals surface area contributed by atoms with Gasteiger partial charge >= 0.3 is 0 Å². The molecule has 0 unspecified atom stereocenters. The average molecular weight is 187 g/mol. The molecule has 76 valence electrons. The Kier molecular flexibility index (Phi) is 3.24. The number of hydrogen-bond acceptors (Lipinski definition) is 4. The van der Waals surface area contributed by atoms with Crippen LogP contribution in [0.2, 0.25) is 0 Å². The number of carbonyl (C=O) groups excluding carboxylic acids is 1. The number of aliphatic hydroxyl groups is 1. The lowest BCUT2D eigenvalue weighted by Crippen LogP contribution is -2.47. The zero-order chi connectivity index (χ0) is 9.90. The Balaban J connectivity index is 2.29. The van der Waals surface area contributed by atoms with Gasteiger partial charge in [-0.15, -0.1) is 0 Å². The minimum absolute atomic E-state index is 0.179. The molecule has 0 aliphatic carbocycles. The quantitative estimate of drug-likeness (QED) is 0.289. The number of hydrogen-bond donors (Lipinski definition) is 3. The van der Waals surface area contributed by atoms with E-state index in [0.29, 0.717) is 19.4 Å².